The highest BCUT2D eigenvalue weighted by Gasteiger charge is 2.23. The summed E-state index contributed by atoms with van der Waals surface area (Å²) < 4.78 is 30.7. The lowest BCUT2D eigenvalue weighted by Gasteiger charge is -2.14. The van der Waals surface area contributed by atoms with Crippen LogP contribution in [0.2, 0.25) is 4.34 Å². The van der Waals surface area contributed by atoms with Crippen molar-refractivity contribution >= 4 is 28.9 Å². The number of halogens is 2. The first kappa shape index (κ1) is 16.2. The third-order valence-electron chi connectivity index (χ3n) is 3.35. The number of carbonyl (C=O) groups is 1. The number of ether oxygens (including phenoxy) is 3. The Bertz CT molecular complexity index is 730. The van der Waals surface area contributed by atoms with Crippen LogP contribution in [0.15, 0.2) is 18.3 Å². The highest BCUT2D eigenvalue weighted by Crippen LogP contribution is 2.35. The van der Waals surface area contributed by atoms with Crippen molar-refractivity contribution in [1.29, 1.82) is 0 Å². The van der Waals surface area contributed by atoms with Crippen LogP contribution in [0.4, 0.5) is 4.39 Å². The number of carbonyl (C=O) groups excluding carboxylic acids is 1. The maximum atomic E-state index is 14.6. The van der Waals surface area contributed by atoms with Crippen molar-refractivity contribution in [2.45, 2.75) is 12.5 Å². The lowest BCUT2D eigenvalue weighted by molar-refractivity contribution is 0.0594. The first-order chi connectivity index (χ1) is 11.1. The number of rotatable bonds is 4. The molecule has 0 aliphatic carbocycles. The van der Waals surface area contributed by atoms with Crippen LogP contribution in [0.3, 0.4) is 0 Å². The van der Waals surface area contributed by atoms with Crippen molar-refractivity contribution in [2.75, 3.05) is 20.3 Å². The van der Waals surface area contributed by atoms with E-state index in [9.17, 15) is 9.18 Å². The van der Waals surface area contributed by atoms with Crippen molar-refractivity contribution in [3.05, 3.63) is 34.0 Å². The Hall–Kier alpha value is -1.70. The molecular weight excluding hydrogens is 345 g/mol. The number of nitrogens with zero attached hydrogens (tertiary/aromatic N) is 1. The Morgan fingerprint density at radius 1 is 1.52 bits per heavy atom. The van der Waals surface area contributed by atoms with Crippen LogP contribution in [0.1, 0.15) is 16.8 Å². The zero-order valence-corrected chi connectivity index (χ0v) is 13.7. The Balaban J connectivity index is 2.03. The van der Waals surface area contributed by atoms with Gasteiger partial charge in [0.1, 0.15) is 27.0 Å². The van der Waals surface area contributed by atoms with Crippen molar-refractivity contribution in [1.82, 2.24) is 4.98 Å². The van der Waals surface area contributed by atoms with E-state index in [0.717, 1.165) is 17.8 Å². The summed E-state index contributed by atoms with van der Waals surface area (Å²) in [5.74, 6) is -1.12. The van der Waals surface area contributed by atoms with E-state index in [4.69, 9.17) is 21.1 Å². The van der Waals surface area contributed by atoms with E-state index in [1.807, 2.05) is 0 Å². The highest BCUT2D eigenvalue weighted by atomic mass is 35.5. The zero-order valence-electron chi connectivity index (χ0n) is 12.2. The maximum absolute atomic E-state index is 14.6. The molecular formula is C15H13ClFNO4S. The largest absolute Gasteiger partial charge is 0.488 e. The van der Waals surface area contributed by atoms with Crippen LogP contribution in [0.25, 0.3) is 10.6 Å². The van der Waals surface area contributed by atoms with Crippen molar-refractivity contribution < 1.29 is 23.4 Å². The summed E-state index contributed by atoms with van der Waals surface area (Å²) in [5.41, 5.74) is -0.0519. The number of aromatic nitrogens is 1. The molecule has 2 aromatic rings. The summed E-state index contributed by atoms with van der Waals surface area (Å²) in [6.45, 7) is 1.08. The highest BCUT2D eigenvalue weighted by molar-refractivity contribution is 7.18. The predicted octanol–water partition coefficient (Wildman–Crippen LogP) is 3.56. The molecule has 0 saturated carbocycles. The van der Waals surface area contributed by atoms with E-state index in [-0.39, 0.29) is 17.2 Å². The second kappa shape index (κ2) is 6.82. The smallest absolute Gasteiger partial charge is 0.341 e. The molecule has 0 amide bonds. The summed E-state index contributed by atoms with van der Waals surface area (Å²) in [7, 11) is 1.19. The van der Waals surface area contributed by atoms with Gasteiger partial charge in [-0.05, 0) is 12.1 Å². The molecule has 0 N–H and O–H groups in total. The molecule has 1 aliphatic rings. The van der Waals surface area contributed by atoms with Gasteiger partial charge in [-0.25, -0.2) is 14.2 Å². The quantitative estimate of drug-likeness (QED) is 0.783. The first-order valence-corrected chi connectivity index (χ1v) is 8.06. The number of thiazole rings is 1. The van der Waals surface area contributed by atoms with E-state index in [2.05, 4.69) is 9.72 Å². The Kier molecular flexibility index (Phi) is 4.79. The first-order valence-electron chi connectivity index (χ1n) is 6.86. The second-order valence-corrected chi connectivity index (χ2v) is 6.56. The molecule has 1 atom stereocenters. The van der Waals surface area contributed by atoms with E-state index in [1.54, 1.807) is 0 Å². The summed E-state index contributed by atoms with van der Waals surface area (Å²) >= 11 is 6.98. The molecule has 23 heavy (non-hydrogen) atoms. The lowest BCUT2D eigenvalue weighted by Crippen LogP contribution is -2.16. The fourth-order valence-electron chi connectivity index (χ4n) is 2.26. The molecule has 0 spiro atoms. The minimum absolute atomic E-state index is 0.126. The third-order valence-corrected chi connectivity index (χ3v) is 4.50. The van der Waals surface area contributed by atoms with Crippen LogP contribution in [-0.4, -0.2) is 37.4 Å². The SMILES string of the molecule is COC(=O)c1cc(O[C@@H]2CCOC2)cc(-c2ncc(Cl)s2)c1F. The van der Waals surface area contributed by atoms with Gasteiger partial charge in [-0.15, -0.1) is 11.3 Å². The van der Waals surface area contributed by atoms with Gasteiger partial charge in [0.25, 0.3) is 0 Å². The minimum Gasteiger partial charge on any atom is -0.488 e. The van der Waals surface area contributed by atoms with Gasteiger partial charge in [0.2, 0.25) is 0 Å². The van der Waals surface area contributed by atoms with Gasteiger partial charge in [0.15, 0.2) is 0 Å². The molecule has 1 aromatic heterocycles. The van der Waals surface area contributed by atoms with Gasteiger partial charge >= 0.3 is 5.97 Å². The van der Waals surface area contributed by atoms with Gasteiger partial charge in [0, 0.05) is 6.42 Å². The molecule has 1 aliphatic heterocycles. The second-order valence-electron chi connectivity index (χ2n) is 4.90. The topological polar surface area (TPSA) is 57.7 Å². The van der Waals surface area contributed by atoms with Gasteiger partial charge < -0.3 is 14.2 Å². The summed E-state index contributed by atoms with van der Waals surface area (Å²) in [4.78, 5) is 15.9. The number of esters is 1. The molecule has 2 heterocycles. The molecule has 5 nitrogen and oxygen atoms in total. The standard InChI is InChI=1S/C15H13ClFNO4S/c1-20-15(19)11-5-9(22-8-2-3-21-7-8)4-10(13(11)17)14-18-6-12(16)23-14/h4-6,8H,2-3,7H2,1H3/t8-/m1/s1. The number of hydrogen-bond donors (Lipinski definition) is 0. The number of hydrogen-bond acceptors (Lipinski definition) is 6. The summed E-state index contributed by atoms with van der Waals surface area (Å²) in [6.07, 6.45) is 2.04. The van der Waals surface area contributed by atoms with Gasteiger partial charge in [0.05, 0.1) is 37.6 Å². The fourth-order valence-corrected chi connectivity index (χ4v) is 3.18. The molecule has 1 aromatic carbocycles. The fraction of sp³-hybridized carbons (Fsp3) is 0.333. The molecule has 8 heteroatoms. The van der Waals surface area contributed by atoms with Crippen LogP contribution in [0, 0.1) is 5.82 Å². The van der Waals surface area contributed by atoms with Crippen molar-refractivity contribution in [2.24, 2.45) is 0 Å². The third kappa shape index (κ3) is 3.46. The van der Waals surface area contributed by atoms with Crippen molar-refractivity contribution in [3.8, 4) is 16.3 Å². The molecule has 122 valence electrons. The van der Waals surface area contributed by atoms with Crippen LogP contribution < -0.4 is 4.74 Å². The average Bonchev–Trinajstić information content (AvgIpc) is 3.19. The maximum Gasteiger partial charge on any atom is 0.341 e. The Morgan fingerprint density at radius 3 is 2.96 bits per heavy atom. The predicted molar refractivity (Wildman–Crippen MR) is 83.7 cm³/mol. The molecule has 1 fully saturated rings. The minimum atomic E-state index is -0.778. The molecule has 0 unspecified atom stereocenters. The average molecular weight is 358 g/mol. The molecule has 0 bridgehead atoms. The van der Waals surface area contributed by atoms with Crippen LogP contribution in [-0.2, 0) is 9.47 Å². The number of benzene rings is 1. The summed E-state index contributed by atoms with van der Waals surface area (Å²) in [5, 5.41) is 0.366. The van der Waals surface area contributed by atoms with Crippen molar-refractivity contribution in [3.63, 3.8) is 0 Å². The van der Waals surface area contributed by atoms with E-state index >= 15 is 0 Å². The Labute approximate surface area is 141 Å². The van der Waals surface area contributed by atoms with Gasteiger partial charge in [-0.2, -0.15) is 0 Å². The van der Waals surface area contributed by atoms with Gasteiger partial charge in [-0.3, -0.25) is 0 Å². The lowest BCUT2D eigenvalue weighted by atomic mass is 10.1. The van der Waals surface area contributed by atoms with E-state index in [0.29, 0.717) is 28.3 Å². The van der Waals surface area contributed by atoms with E-state index in [1.165, 1.54) is 25.4 Å². The summed E-state index contributed by atoms with van der Waals surface area (Å²) in [6, 6.07) is 2.84. The monoisotopic (exact) mass is 357 g/mol. The normalized spacial score (nSPS) is 17.3. The zero-order chi connectivity index (χ0) is 16.4. The van der Waals surface area contributed by atoms with Crippen LogP contribution in [0.5, 0.6) is 5.75 Å². The molecule has 3 rings (SSSR count). The van der Waals surface area contributed by atoms with Gasteiger partial charge in [-0.1, -0.05) is 11.6 Å². The van der Waals surface area contributed by atoms with E-state index < -0.39 is 11.8 Å². The molecule has 0 radical (unpaired) electrons. The molecule has 1 saturated heterocycles. The van der Waals surface area contributed by atoms with Crippen LogP contribution >= 0.6 is 22.9 Å². The Morgan fingerprint density at radius 2 is 2.35 bits per heavy atom. The number of methoxy groups -OCH3 is 1.